The van der Waals surface area contributed by atoms with Crippen molar-refractivity contribution >= 4 is 99.6 Å². The molecule has 0 saturated heterocycles. The number of nitrogens with zero attached hydrogens (tertiary/aromatic N) is 2. The van der Waals surface area contributed by atoms with Crippen LogP contribution in [0.2, 0.25) is 12.6 Å². The first-order valence-electron chi connectivity index (χ1n) is 17.3. The van der Waals surface area contributed by atoms with Crippen LogP contribution in [0.15, 0.2) is 127 Å². The molecule has 0 radical (unpaired) electrons. The van der Waals surface area contributed by atoms with E-state index in [4.69, 9.17) is 0 Å². The van der Waals surface area contributed by atoms with Gasteiger partial charge in [0.15, 0.2) is 6.71 Å². The molecule has 2 heterocycles. The first-order valence-corrected chi connectivity index (χ1v) is 17.3. The van der Waals surface area contributed by atoms with Crippen molar-refractivity contribution in [2.24, 2.45) is 0 Å². The fourth-order valence-electron chi connectivity index (χ4n) is 9.21. The van der Waals surface area contributed by atoms with E-state index < -0.39 is 0 Å². The molecule has 11 rings (SSSR count). The van der Waals surface area contributed by atoms with E-state index in [1.165, 1.54) is 82.1 Å². The van der Waals surface area contributed by atoms with Crippen LogP contribution in [0.25, 0.3) is 64.6 Å². The van der Waals surface area contributed by atoms with Crippen molar-refractivity contribution in [2.75, 3.05) is 22.9 Å². The Hall–Kier alpha value is -6.16. The summed E-state index contributed by atoms with van der Waals surface area (Å²) in [5, 5.41) is 14.9. The molecule has 49 heavy (non-hydrogen) atoms. The number of benzene rings is 7. The normalized spacial score (nSPS) is 14.2. The van der Waals surface area contributed by atoms with Gasteiger partial charge in [-0.15, -0.1) is 0 Å². The lowest BCUT2D eigenvalue weighted by Gasteiger charge is -2.42. The van der Waals surface area contributed by atoms with E-state index in [-0.39, 0.29) is 0 Å². The average Bonchev–Trinajstić information content (AvgIpc) is 3.18. The van der Waals surface area contributed by atoms with Crippen molar-refractivity contribution in [1.82, 2.24) is 0 Å². The molecule has 9 aromatic carbocycles. The minimum Gasteiger partial charge on any atom is -0.342 e. The minimum absolute atomic E-state index is 0.526. The molecule has 0 saturated carbocycles. The third-order valence-electron chi connectivity index (χ3n) is 11.2. The summed E-state index contributed by atoms with van der Waals surface area (Å²) in [6.07, 6.45) is 2.25. The lowest BCUT2D eigenvalue weighted by molar-refractivity contribution is 0.948. The molecule has 0 unspecified atom stereocenters. The molecule has 0 atom stereocenters. The fraction of sp³-hybridized carbons (Fsp3) is 0.0870. The van der Waals surface area contributed by atoms with E-state index in [9.17, 15) is 0 Å². The molecule has 2 aliphatic heterocycles. The van der Waals surface area contributed by atoms with Gasteiger partial charge in [-0.2, -0.15) is 0 Å². The first-order chi connectivity index (χ1) is 24.3. The Bertz CT molecular complexity index is 2540. The van der Waals surface area contributed by atoms with E-state index in [0.717, 1.165) is 36.5 Å². The summed E-state index contributed by atoms with van der Waals surface area (Å²) in [6, 6.07) is 60.2. The van der Waals surface area contributed by atoms with Gasteiger partial charge in [-0.25, -0.2) is 0 Å². The number of anilines is 4. The van der Waals surface area contributed by atoms with Crippen LogP contribution in [-0.4, -0.2) is 19.8 Å². The van der Waals surface area contributed by atoms with Gasteiger partial charge in [0, 0.05) is 46.0 Å². The second-order valence-corrected chi connectivity index (χ2v) is 13.6. The predicted molar refractivity (Wildman–Crippen MR) is 209 cm³/mol. The maximum absolute atomic E-state index is 3.54. The molecule has 226 valence electrons. The summed E-state index contributed by atoms with van der Waals surface area (Å²) >= 11 is 0. The molecular weight excluding hydrogens is 591 g/mol. The van der Waals surface area contributed by atoms with Crippen LogP contribution >= 0.6 is 0 Å². The van der Waals surface area contributed by atoms with Gasteiger partial charge in [-0.3, -0.25) is 0 Å². The zero-order valence-electron chi connectivity index (χ0n) is 26.9. The van der Waals surface area contributed by atoms with Crippen LogP contribution in [0.3, 0.4) is 0 Å². The maximum atomic E-state index is 3.54. The fourth-order valence-corrected chi connectivity index (χ4v) is 9.21. The van der Waals surface area contributed by atoms with Gasteiger partial charge in [0.05, 0.1) is 11.4 Å². The summed E-state index contributed by atoms with van der Waals surface area (Å²) < 4.78 is 0. The summed E-state index contributed by atoms with van der Waals surface area (Å²) in [7, 11) is 0. The number of hydrogen-bond acceptors (Lipinski definition) is 2. The Labute approximate surface area is 285 Å². The molecule has 0 aliphatic carbocycles. The maximum Gasteiger partial charge on any atom is 0.184 e. The highest BCUT2D eigenvalue weighted by Gasteiger charge is 2.37. The third-order valence-corrected chi connectivity index (χ3v) is 11.2. The van der Waals surface area contributed by atoms with Crippen LogP contribution in [0.4, 0.5) is 22.7 Å². The van der Waals surface area contributed by atoms with Crippen LogP contribution < -0.4 is 15.3 Å². The Kier molecular flexibility index (Phi) is 5.58. The zero-order chi connectivity index (χ0) is 32.1. The van der Waals surface area contributed by atoms with Crippen molar-refractivity contribution in [3.63, 3.8) is 0 Å². The van der Waals surface area contributed by atoms with Crippen molar-refractivity contribution in [3.8, 4) is 0 Å². The second-order valence-electron chi connectivity index (χ2n) is 13.6. The van der Waals surface area contributed by atoms with Gasteiger partial charge >= 0.3 is 0 Å². The van der Waals surface area contributed by atoms with Crippen LogP contribution in [0.1, 0.15) is 0 Å². The van der Waals surface area contributed by atoms with Gasteiger partial charge in [0.1, 0.15) is 0 Å². The predicted octanol–water partition coefficient (Wildman–Crippen LogP) is 10.8. The largest absolute Gasteiger partial charge is 0.342 e. The van der Waals surface area contributed by atoms with E-state index in [0.29, 0.717) is 6.71 Å². The monoisotopic (exact) mass is 620 g/mol. The molecular formula is C46H29BN2. The lowest BCUT2D eigenvalue weighted by Crippen LogP contribution is -2.49. The van der Waals surface area contributed by atoms with E-state index in [1.807, 2.05) is 12.1 Å². The highest BCUT2D eigenvalue weighted by molar-refractivity contribution is 6.77. The van der Waals surface area contributed by atoms with Crippen LogP contribution in [-0.2, 0) is 0 Å². The van der Waals surface area contributed by atoms with E-state index >= 15 is 0 Å². The molecule has 0 bridgehead atoms. The third kappa shape index (κ3) is 3.71. The summed E-state index contributed by atoms with van der Waals surface area (Å²) in [6.45, 7) is 2.50. The van der Waals surface area contributed by atoms with Crippen molar-refractivity contribution in [1.29, 1.82) is 0 Å². The van der Waals surface area contributed by atoms with Crippen LogP contribution in [0, 0.1) is 24.3 Å². The van der Waals surface area contributed by atoms with Gasteiger partial charge < -0.3 is 9.80 Å². The number of hydrogen-bond donors (Lipinski definition) is 0. The molecule has 2 nitrogen and oxygen atoms in total. The van der Waals surface area contributed by atoms with Gasteiger partial charge in [0.2, 0.25) is 0 Å². The second kappa shape index (κ2) is 10.2. The number of fused-ring (bicyclic) bond motifs is 12. The Morgan fingerprint density at radius 1 is 0.408 bits per heavy atom. The van der Waals surface area contributed by atoms with Gasteiger partial charge in [-0.05, 0) is 97.1 Å². The first kappa shape index (κ1) is 26.9. The minimum atomic E-state index is 0.526. The topological polar surface area (TPSA) is 6.48 Å². The highest BCUT2D eigenvalue weighted by Crippen LogP contribution is 2.46. The van der Waals surface area contributed by atoms with Crippen molar-refractivity contribution in [2.45, 2.75) is 12.6 Å². The molecule has 3 heteroatoms. The van der Waals surface area contributed by atoms with Crippen molar-refractivity contribution < 1.29 is 0 Å². The summed E-state index contributed by atoms with van der Waals surface area (Å²) in [5.41, 5.74) is 6.61. The number of rotatable bonds is 2. The van der Waals surface area contributed by atoms with Crippen molar-refractivity contribution in [3.05, 3.63) is 152 Å². The molecule has 0 fully saturated rings. The molecule has 2 aliphatic rings. The molecule has 0 amide bonds. The van der Waals surface area contributed by atoms with E-state index in [2.05, 4.69) is 149 Å². The Balaban J connectivity index is 1.15. The average molecular weight is 621 g/mol. The molecule has 0 aromatic heterocycles. The SMILES string of the molecule is c1ccc2c(c#1)c1c(N3CCB4CCN(c5cccc6c7ccccc7c7ccc#cc7c56)c5cccc3c54)cccc1c1ccccc21. The van der Waals surface area contributed by atoms with Gasteiger partial charge in [-0.1, -0.05) is 116 Å². The lowest BCUT2D eigenvalue weighted by atomic mass is 9.37. The van der Waals surface area contributed by atoms with Crippen LogP contribution in [0.5, 0.6) is 0 Å². The van der Waals surface area contributed by atoms with Gasteiger partial charge in [0.25, 0.3) is 0 Å². The standard InChI is InChI=1S/C46H29BN2/c1-3-14-34-30(12-1)32-16-5-7-18-36(32)44-38(34)20-9-22-40(44)48-28-26-47-27-29-49(43-25-11-24-42(48)46(43)47)41-23-10-21-39-35-15-4-2-13-31(35)33-17-6-8-19-37(33)45(39)41/h1-6,9-17,20-25H,26-29H2. The molecule has 9 aromatic rings. The highest BCUT2D eigenvalue weighted by atomic mass is 15.2. The zero-order valence-corrected chi connectivity index (χ0v) is 26.9. The quantitative estimate of drug-likeness (QED) is 0.140. The molecule has 0 N–H and O–H groups in total. The smallest absolute Gasteiger partial charge is 0.184 e. The Morgan fingerprint density at radius 3 is 1.31 bits per heavy atom. The summed E-state index contributed by atoms with van der Waals surface area (Å²) in [4.78, 5) is 5.18. The van der Waals surface area contributed by atoms with E-state index in [1.54, 1.807) is 0 Å². The molecule has 0 spiro atoms. The Morgan fingerprint density at radius 2 is 0.816 bits per heavy atom. The summed E-state index contributed by atoms with van der Waals surface area (Å²) in [5.74, 6) is 0.